The molecule has 0 aliphatic carbocycles. The summed E-state index contributed by atoms with van der Waals surface area (Å²) >= 11 is 6.01. The lowest BCUT2D eigenvalue weighted by Gasteiger charge is -2.17. The fourth-order valence-electron chi connectivity index (χ4n) is 2.65. The Morgan fingerprint density at radius 1 is 1.30 bits per heavy atom. The lowest BCUT2D eigenvalue weighted by molar-refractivity contribution is -0.383. The van der Waals surface area contributed by atoms with Gasteiger partial charge in [-0.2, -0.15) is 0 Å². The molecule has 120 valence electrons. The number of nitrogens with zero attached hydrogens (tertiary/aromatic N) is 4. The van der Waals surface area contributed by atoms with E-state index in [9.17, 15) is 10.1 Å². The Kier molecular flexibility index (Phi) is 4.29. The zero-order valence-electron chi connectivity index (χ0n) is 12.6. The topological polar surface area (TPSA) is 84.2 Å². The minimum atomic E-state index is -0.435. The van der Waals surface area contributed by atoms with Gasteiger partial charge in [-0.15, -0.1) is 0 Å². The lowest BCUT2D eigenvalue weighted by atomic mass is 10.2. The zero-order chi connectivity index (χ0) is 16.4. The summed E-state index contributed by atoms with van der Waals surface area (Å²) < 4.78 is 0. The van der Waals surface area contributed by atoms with Crippen molar-refractivity contribution in [3.05, 3.63) is 45.2 Å². The van der Waals surface area contributed by atoms with E-state index in [1.54, 1.807) is 12.1 Å². The molecule has 1 aromatic carbocycles. The van der Waals surface area contributed by atoms with Gasteiger partial charge in [-0.1, -0.05) is 17.7 Å². The van der Waals surface area contributed by atoms with Crippen molar-refractivity contribution in [1.29, 1.82) is 0 Å². The van der Waals surface area contributed by atoms with Crippen molar-refractivity contribution in [2.45, 2.75) is 19.8 Å². The number of halogens is 1. The van der Waals surface area contributed by atoms with Gasteiger partial charge in [-0.05, 0) is 37.5 Å². The van der Waals surface area contributed by atoms with Crippen molar-refractivity contribution < 1.29 is 4.92 Å². The van der Waals surface area contributed by atoms with E-state index >= 15 is 0 Å². The van der Waals surface area contributed by atoms with Gasteiger partial charge in [-0.3, -0.25) is 10.1 Å². The van der Waals surface area contributed by atoms with E-state index in [4.69, 9.17) is 11.6 Å². The molecule has 0 bridgehead atoms. The van der Waals surface area contributed by atoms with E-state index in [1.165, 1.54) is 6.33 Å². The maximum atomic E-state index is 11.6. The van der Waals surface area contributed by atoms with Crippen LogP contribution < -0.4 is 10.2 Å². The molecule has 0 atom stereocenters. The fraction of sp³-hybridized carbons (Fsp3) is 0.333. The molecule has 0 unspecified atom stereocenters. The molecule has 7 nitrogen and oxygen atoms in total. The Labute approximate surface area is 138 Å². The number of anilines is 3. The number of aryl methyl sites for hydroxylation is 1. The van der Waals surface area contributed by atoms with Gasteiger partial charge in [0.1, 0.15) is 6.33 Å². The van der Waals surface area contributed by atoms with E-state index < -0.39 is 4.92 Å². The van der Waals surface area contributed by atoms with Crippen LogP contribution >= 0.6 is 11.6 Å². The van der Waals surface area contributed by atoms with E-state index in [0.717, 1.165) is 31.5 Å². The molecule has 1 aliphatic heterocycles. The van der Waals surface area contributed by atoms with Crippen LogP contribution in [0.2, 0.25) is 5.02 Å². The van der Waals surface area contributed by atoms with E-state index in [2.05, 4.69) is 15.3 Å². The molecule has 3 rings (SSSR count). The van der Waals surface area contributed by atoms with Crippen LogP contribution in [-0.4, -0.2) is 28.0 Å². The molecule has 2 heterocycles. The first-order valence-corrected chi connectivity index (χ1v) is 7.71. The minimum absolute atomic E-state index is 0.103. The van der Waals surface area contributed by atoms with Crippen molar-refractivity contribution in [3.8, 4) is 0 Å². The van der Waals surface area contributed by atoms with Gasteiger partial charge in [0, 0.05) is 23.8 Å². The monoisotopic (exact) mass is 333 g/mol. The van der Waals surface area contributed by atoms with E-state index in [-0.39, 0.29) is 11.5 Å². The summed E-state index contributed by atoms with van der Waals surface area (Å²) in [6.45, 7) is 3.44. The smallest absolute Gasteiger partial charge is 0.351 e. The van der Waals surface area contributed by atoms with Crippen molar-refractivity contribution in [1.82, 2.24) is 9.97 Å². The standard InChI is InChI=1S/C15H16ClN5O2/c1-10-4-5-11(16)8-12(10)19-14-13(21(22)23)15(18-9-17-14)20-6-2-3-7-20/h4-5,8-9H,2-3,6-7H2,1H3,(H,17,18,19). The summed E-state index contributed by atoms with van der Waals surface area (Å²) in [5.41, 5.74) is 1.51. The average Bonchev–Trinajstić information content (AvgIpc) is 3.04. The van der Waals surface area contributed by atoms with Gasteiger partial charge >= 0.3 is 5.69 Å². The molecule has 1 saturated heterocycles. The molecule has 2 aromatic rings. The lowest BCUT2D eigenvalue weighted by Crippen LogP contribution is -2.21. The Hall–Kier alpha value is -2.41. The normalized spacial score (nSPS) is 14.1. The van der Waals surface area contributed by atoms with Crippen LogP contribution in [-0.2, 0) is 0 Å². The number of nitro groups is 1. The molecule has 0 amide bonds. The predicted octanol–water partition coefficient (Wildman–Crippen LogP) is 3.69. The molecule has 0 saturated carbocycles. The van der Waals surface area contributed by atoms with E-state index in [0.29, 0.717) is 16.5 Å². The van der Waals surface area contributed by atoms with Gasteiger partial charge < -0.3 is 10.2 Å². The molecule has 0 spiro atoms. The summed E-state index contributed by atoms with van der Waals surface area (Å²) in [5, 5.41) is 15.1. The second kappa shape index (κ2) is 6.37. The zero-order valence-corrected chi connectivity index (χ0v) is 13.4. The molecular weight excluding hydrogens is 318 g/mol. The third-order valence-corrected chi connectivity index (χ3v) is 4.08. The Morgan fingerprint density at radius 3 is 2.74 bits per heavy atom. The van der Waals surface area contributed by atoms with Gasteiger partial charge in [0.2, 0.25) is 11.6 Å². The quantitative estimate of drug-likeness (QED) is 0.678. The highest BCUT2D eigenvalue weighted by Gasteiger charge is 2.28. The highest BCUT2D eigenvalue weighted by Crippen LogP contribution is 2.35. The number of hydrogen-bond acceptors (Lipinski definition) is 6. The summed E-state index contributed by atoms with van der Waals surface area (Å²) in [7, 11) is 0. The van der Waals surface area contributed by atoms with Crippen molar-refractivity contribution in [2.75, 3.05) is 23.3 Å². The first kappa shape index (κ1) is 15.5. The second-order valence-electron chi connectivity index (χ2n) is 5.43. The van der Waals surface area contributed by atoms with Crippen LogP contribution in [0.1, 0.15) is 18.4 Å². The highest BCUT2D eigenvalue weighted by atomic mass is 35.5. The average molecular weight is 334 g/mol. The van der Waals surface area contributed by atoms with E-state index in [1.807, 2.05) is 17.9 Å². The van der Waals surface area contributed by atoms with Crippen molar-refractivity contribution in [2.24, 2.45) is 0 Å². The van der Waals surface area contributed by atoms with Gasteiger partial charge in [0.25, 0.3) is 0 Å². The molecule has 1 aliphatic rings. The second-order valence-corrected chi connectivity index (χ2v) is 5.87. The molecule has 1 N–H and O–H groups in total. The maximum Gasteiger partial charge on any atom is 0.353 e. The molecule has 1 fully saturated rings. The van der Waals surface area contributed by atoms with Crippen molar-refractivity contribution >= 4 is 34.6 Å². The predicted molar refractivity (Wildman–Crippen MR) is 89.6 cm³/mol. The van der Waals surface area contributed by atoms with Crippen LogP contribution in [0.3, 0.4) is 0 Å². The minimum Gasteiger partial charge on any atom is -0.351 e. The van der Waals surface area contributed by atoms with Crippen LogP contribution in [0.4, 0.5) is 23.0 Å². The Balaban J connectivity index is 2.03. The SMILES string of the molecule is Cc1ccc(Cl)cc1Nc1ncnc(N2CCCC2)c1[N+](=O)[O-]. The molecule has 8 heteroatoms. The molecule has 23 heavy (non-hydrogen) atoms. The Bertz CT molecular complexity index is 747. The number of aromatic nitrogens is 2. The van der Waals surface area contributed by atoms with Crippen LogP contribution in [0.25, 0.3) is 0 Å². The molecule has 0 radical (unpaired) electrons. The number of hydrogen-bond donors (Lipinski definition) is 1. The Morgan fingerprint density at radius 2 is 2.04 bits per heavy atom. The fourth-order valence-corrected chi connectivity index (χ4v) is 2.82. The van der Waals surface area contributed by atoms with Gasteiger partial charge in [-0.25, -0.2) is 9.97 Å². The molecule has 1 aromatic heterocycles. The maximum absolute atomic E-state index is 11.6. The first-order valence-electron chi connectivity index (χ1n) is 7.34. The molecular formula is C15H16ClN5O2. The third-order valence-electron chi connectivity index (χ3n) is 3.84. The summed E-state index contributed by atoms with van der Waals surface area (Å²) in [6.07, 6.45) is 3.37. The number of benzene rings is 1. The van der Waals surface area contributed by atoms with Gasteiger partial charge in [0.15, 0.2) is 0 Å². The highest BCUT2D eigenvalue weighted by molar-refractivity contribution is 6.30. The number of rotatable bonds is 4. The first-order chi connectivity index (χ1) is 11.1. The summed E-state index contributed by atoms with van der Waals surface area (Å²) in [6, 6.07) is 5.34. The number of nitrogens with one attached hydrogen (secondary N) is 1. The van der Waals surface area contributed by atoms with Crippen LogP contribution in [0.5, 0.6) is 0 Å². The van der Waals surface area contributed by atoms with Gasteiger partial charge in [0.05, 0.1) is 4.92 Å². The van der Waals surface area contributed by atoms with Crippen LogP contribution in [0, 0.1) is 17.0 Å². The summed E-state index contributed by atoms with van der Waals surface area (Å²) in [4.78, 5) is 21.3. The van der Waals surface area contributed by atoms with Crippen molar-refractivity contribution in [3.63, 3.8) is 0 Å². The largest absolute Gasteiger partial charge is 0.353 e. The van der Waals surface area contributed by atoms with Crippen LogP contribution in [0.15, 0.2) is 24.5 Å². The summed E-state index contributed by atoms with van der Waals surface area (Å²) in [5.74, 6) is 0.543. The third kappa shape index (κ3) is 3.19.